The van der Waals surface area contributed by atoms with Crippen molar-refractivity contribution < 1.29 is 40.0 Å². The van der Waals surface area contributed by atoms with E-state index in [-0.39, 0.29) is 13.2 Å². The van der Waals surface area contributed by atoms with E-state index in [0.717, 1.165) is 0 Å². The molecule has 0 aliphatic carbocycles. The Labute approximate surface area is 98.3 Å². The molecule has 0 atom stereocenters. The fourth-order valence-corrected chi connectivity index (χ4v) is 0.934. The van der Waals surface area contributed by atoms with Gasteiger partial charge in [0, 0.05) is 0 Å². The summed E-state index contributed by atoms with van der Waals surface area (Å²) in [4.78, 5) is 0. The van der Waals surface area contributed by atoms with E-state index in [0.29, 0.717) is 13.1 Å². The summed E-state index contributed by atoms with van der Waals surface area (Å²) in [6.07, 6.45) is 5.59. The van der Waals surface area contributed by atoms with E-state index in [1.54, 1.807) is 0 Å². The van der Waals surface area contributed by atoms with Gasteiger partial charge in [-0.25, -0.2) is 9.13 Å². The summed E-state index contributed by atoms with van der Waals surface area (Å²) in [5.74, 6) is 0. The van der Waals surface area contributed by atoms with Crippen LogP contribution in [0.5, 0.6) is 0 Å². The Morgan fingerprint density at radius 2 is 1.50 bits per heavy atom. The van der Waals surface area contributed by atoms with Crippen LogP contribution >= 0.6 is 7.81 Å². The Balaban J connectivity index is 0.000000360. The second kappa shape index (κ2) is 5.02. The molecule has 1 rings (SSSR count). The Morgan fingerprint density at radius 3 is 1.89 bits per heavy atom. The molecule has 0 unspecified atom stereocenters. The summed E-state index contributed by atoms with van der Waals surface area (Å²) in [7, 11) is -10.7. The molecule has 0 radical (unpaired) electrons. The minimum atomic E-state index is -10.7. The summed E-state index contributed by atoms with van der Waals surface area (Å²) in [5.41, 5.74) is 0. The Morgan fingerprint density at radius 1 is 1.00 bits per heavy atom. The molecule has 0 aromatic carbocycles. The molecular formula is C7H13F6N2O2P. The molecule has 0 aliphatic heterocycles. The van der Waals surface area contributed by atoms with Gasteiger partial charge in [0.15, 0.2) is 0 Å². The van der Waals surface area contributed by atoms with Crippen LogP contribution < -0.4 is 4.57 Å². The van der Waals surface area contributed by atoms with E-state index >= 15 is 0 Å². The number of aliphatic hydroxyl groups is 2. The zero-order valence-corrected chi connectivity index (χ0v) is 9.96. The first-order valence-electron chi connectivity index (χ1n) is 4.65. The third kappa shape index (κ3) is 15.1. The fourth-order valence-electron chi connectivity index (χ4n) is 0.934. The van der Waals surface area contributed by atoms with E-state index < -0.39 is 7.81 Å². The van der Waals surface area contributed by atoms with Crippen molar-refractivity contribution in [3.05, 3.63) is 18.7 Å². The van der Waals surface area contributed by atoms with E-state index in [1.165, 1.54) is 0 Å². The number of halogens is 6. The topological polar surface area (TPSA) is 49.3 Å². The van der Waals surface area contributed by atoms with Crippen LogP contribution in [0, 0.1) is 0 Å². The van der Waals surface area contributed by atoms with Gasteiger partial charge >= 0.3 is 33.0 Å². The number of imidazole rings is 1. The number of rotatable bonds is 4. The molecule has 11 heteroatoms. The third-order valence-electron chi connectivity index (χ3n) is 1.46. The summed E-state index contributed by atoms with van der Waals surface area (Å²) in [6.45, 7) is 1.51. The molecule has 2 N–H and O–H groups in total. The molecule has 18 heavy (non-hydrogen) atoms. The predicted octanol–water partition coefficient (Wildman–Crippen LogP) is 2.14. The van der Waals surface area contributed by atoms with E-state index in [1.807, 2.05) is 27.9 Å². The van der Waals surface area contributed by atoms with Gasteiger partial charge in [0.1, 0.15) is 25.5 Å². The molecule has 1 heterocycles. The molecule has 4 nitrogen and oxygen atoms in total. The van der Waals surface area contributed by atoms with Gasteiger partial charge in [-0.2, -0.15) is 0 Å². The summed E-state index contributed by atoms with van der Waals surface area (Å²) in [6, 6.07) is 0. The van der Waals surface area contributed by atoms with Crippen LogP contribution in [0.4, 0.5) is 25.2 Å². The van der Waals surface area contributed by atoms with Crippen molar-refractivity contribution in [3.8, 4) is 0 Å². The monoisotopic (exact) mass is 302 g/mol. The molecule has 1 aromatic heterocycles. The summed E-state index contributed by atoms with van der Waals surface area (Å²) >= 11 is 0. The molecule has 0 fully saturated rings. The van der Waals surface area contributed by atoms with Crippen molar-refractivity contribution in [2.75, 3.05) is 13.2 Å². The minimum Gasteiger partial charge on any atom is -0.392 e. The molecule has 0 bridgehead atoms. The van der Waals surface area contributed by atoms with Gasteiger partial charge in [-0.3, -0.25) is 0 Å². The first kappa shape index (κ1) is 17.1. The van der Waals surface area contributed by atoms with Crippen LogP contribution in [-0.4, -0.2) is 28.0 Å². The van der Waals surface area contributed by atoms with Crippen LogP contribution in [0.2, 0.25) is 0 Å². The van der Waals surface area contributed by atoms with Gasteiger partial charge in [-0.1, -0.05) is 0 Å². The average molecular weight is 302 g/mol. The zero-order chi connectivity index (χ0) is 14.5. The number of nitrogens with zero attached hydrogens (tertiary/aromatic N) is 2. The van der Waals surface area contributed by atoms with Crippen molar-refractivity contribution in [1.29, 1.82) is 0 Å². The maximum Gasteiger partial charge on any atom is 0.243 e. The van der Waals surface area contributed by atoms with Crippen LogP contribution in [0.25, 0.3) is 0 Å². The van der Waals surface area contributed by atoms with E-state index in [2.05, 4.69) is 0 Å². The maximum atomic E-state index is 9.87. The van der Waals surface area contributed by atoms with E-state index in [9.17, 15) is 25.2 Å². The molecule has 0 amide bonds. The Hall–Kier alpha value is -0.860. The van der Waals surface area contributed by atoms with Gasteiger partial charge in [0.05, 0.1) is 13.2 Å². The molecule has 0 aliphatic rings. The van der Waals surface area contributed by atoms with Crippen molar-refractivity contribution in [2.45, 2.75) is 13.1 Å². The maximum absolute atomic E-state index is 10.7. The first-order chi connectivity index (χ1) is 7.81. The zero-order valence-electron chi connectivity index (χ0n) is 9.06. The van der Waals surface area contributed by atoms with Gasteiger partial charge in [-0.05, 0) is 0 Å². The predicted molar refractivity (Wildman–Crippen MR) is 52.4 cm³/mol. The van der Waals surface area contributed by atoms with Gasteiger partial charge in [0.2, 0.25) is 6.33 Å². The third-order valence-corrected chi connectivity index (χ3v) is 1.46. The standard InChI is InChI=1S/C7H13N2O2.F6P/c10-5-3-8-1-2-9(7-8)4-6-11;1-7(2,3,4,5)6/h1-2,7,10-11H,3-6H2;/q+1;-1. The number of hydrogen-bond acceptors (Lipinski definition) is 2. The Kier molecular flexibility index (Phi) is 4.78. The van der Waals surface area contributed by atoms with Crippen molar-refractivity contribution in [2.24, 2.45) is 0 Å². The van der Waals surface area contributed by atoms with Gasteiger partial charge in [0.25, 0.3) is 0 Å². The molecular weight excluding hydrogens is 289 g/mol. The summed E-state index contributed by atoms with van der Waals surface area (Å²) in [5, 5.41) is 17.2. The largest absolute Gasteiger partial charge is 0.392 e. The first-order valence-corrected chi connectivity index (χ1v) is 6.67. The van der Waals surface area contributed by atoms with Gasteiger partial charge < -0.3 is 10.2 Å². The quantitative estimate of drug-likeness (QED) is 0.508. The number of aromatic nitrogens is 2. The van der Waals surface area contributed by atoms with Crippen LogP contribution in [-0.2, 0) is 13.1 Å². The average Bonchev–Trinajstić information content (AvgIpc) is 2.48. The fraction of sp³-hybridized carbons (Fsp3) is 0.571. The Bertz CT molecular complexity index is 343. The van der Waals surface area contributed by atoms with Crippen LogP contribution in [0.1, 0.15) is 0 Å². The second-order valence-electron chi connectivity index (χ2n) is 3.29. The number of aliphatic hydroxyl groups excluding tert-OH is 2. The van der Waals surface area contributed by atoms with Crippen molar-refractivity contribution >= 4 is 7.81 Å². The molecule has 110 valence electrons. The SMILES string of the molecule is F[P-](F)(F)(F)(F)F.OCCn1cc[n+](CCO)c1. The van der Waals surface area contributed by atoms with Gasteiger partial charge in [-0.15, -0.1) is 0 Å². The number of hydrogen-bond donors (Lipinski definition) is 2. The molecule has 0 saturated heterocycles. The molecule has 0 spiro atoms. The van der Waals surface area contributed by atoms with E-state index in [4.69, 9.17) is 10.2 Å². The molecule has 0 saturated carbocycles. The second-order valence-corrected chi connectivity index (χ2v) is 5.21. The van der Waals surface area contributed by atoms with Crippen LogP contribution in [0.3, 0.4) is 0 Å². The van der Waals surface area contributed by atoms with Crippen LogP contribution in [0.15, 0.2) is 18.7 Å². The van der Waals surface area contributed by atoms with Crippen molar-refractivity contribution in [3.63, 3.8) is 0 Å². The summed E-state index contributed by atoms with van der Waals surface area (Å²) < 4.78 is 62.9. The smallest absolute Gasteiger partial charge is 0.243 e. The normalized spacial score (nSPS) is 15.3. The van der Waals surface area contributed by atoms with Crippen molar-refractivity contribution in [1.82, 2.24) is 4.57 Å². The minimum absolute atomic E-state index is 0.147. The molecule has 1 aromatic rings.